The molecule has 2 amide bonds. The van der Waals surface area contributed by atoms with E-state index < -0.39 is 11.4 Å². The van der Waals surface area contributed by atoms with E-state index in [1.165, 1.54) is 25.3 Å². The van der Waals surface area contributed by atoms with Crippen molar-refractivity contribution in [2.24, 2.45) is 17.1 Å². The Hall–Kier alpha value is -2.90. The van der Waals surface area contributed by atoms with Gasteiger partial charge in [-0.25, -0.2) is 0 Å². The molecule has 9 nitrogen and oxygen atoms in total. The van der Waals surface area contributed by atoms with E-state index in [2.05, 4.69) is 64.0 Å². The van der Waals surface area contributed by atoms with Crippen LogP contribution in [0.1, 0.15) is 138 Å². The standard InChI is InChI=1S/C26H50N4OS.C14H18N2O2/c1-7-29(21-11-9-8-10-12-21)23(27)24(31)30(26(6,28)18-17-25(3,4)5)22-15-13-20(14-16-22)19(2)32;1-3-5-6-7-8-12(4-2)14(18)16-10-9-13(17)11-15/h19-22,27,32H,7-18,28H2,1-6H3;3,5-6,8H,1,4,7,9-10H2,2H3,(H,16,18)/b;6-5-,12-8+/t19?,20?,22?,26-;/m0./s1. The van der Waals surface area contributed by atoms with Gasteiger partial charge in [-0.15, -0.1) is 0 Å². The fraction of sp³-hybridized carbons (Fsp3) is 0.725. The Morgan fingerprint density at radius 2 is 1.66 bits per heavy atom. The minimum atomic E-state index is -0.757. The number of ketones is 1. The summed E-state index contributed by atoms with van der Waals surface area (Å²) in [6, 6.07) is 1.92. The Bertz CT molecular complexity index is 1200. The van der Waals surface area contributed by atoms with Gasteiger partial charge in [0.05, 0.1) is 5.66 Å². The van der Waals surface area contributed by atoms with Crippen LogP contribution in [0, 0.1) is 28.1 Å². The van der Waals surface area contributed by atoms with E-state index in [1.54, 1.807) is 6.08 Å². The lowest BCUT2D eigenvalue weighted by atomic mass is 9.81. The molecule has 0 aromatic carbocycles. The van der Waals surface area contributed by atoms with Crippen molar-refractivity contribution >= 4 is 36.1 Å². The van der Waals surface area contributed by atoms with E-state index in [0.717, 1.165) is 51.4 Å². The van der Waals surface area contributed by atoms with Gasteiger partial charge >= 0.3 is 0 Å². The second-order valence-corrected chi connectivity index (χ2v) is 16.2. The average Bonchev–Trinajstić information content (AvgIpc) is 3.08. The third kappa shape index (κ3) is 16.0. The molecule has 0 bridgehead atoms. The molecule has 0 spiro atoms. The number of hydrogen-bond donors (Lipinski definition) is 4. The van der Waals surface area contributed by atoms with Crippen LogP contribution in [-0.2, 0) is 14.4 Å². The summed E-state index contributed by atoms with van der Waals surface area (Å²) in [5, 5.41) is 20.2. The van der Waals surface area contributed by atoms with Crippen LogP contribution in [0.2, 0.25) is 0 Å². The lowest BCUT2D eigenvalue weighted by molar-refractivity contribution is -0.136. The molecule has 0 heterocycles. The van der Waals surface area contributed by atoms with Crippen molar-refractivity contribution in [3.8, 4) is 6.07 Å². The highest BCUT2D eigenvalue weighted by Crippen LogP contribution is 2.36. The summed E-state index contributed by atoms with van der Waals surface area (Å²) in [7, 11) is 0. The number of nitrogens with zero attached hydrogens (tertiary/aromatic N) is 3. The van der Waals surface area contributed by atoms with Gasteiger partial charge in [0.15, 0.2) is 5.84 Å². The zero-order chi connectivity index (χ0) is 37.9. The van der Waals surface area contributed by atoms with Crippen molar-refractivity contribution in [3.05, 3.63) is 36.5 Å². The normalized spacial score (nSPS) is 20.4. The van der Waals surface area contributed by atoms with Gasteiger partial charge in [-0.2, -0.15) is 17.9 Å². The molecule has 0 aromatic heterocycles. The second kappa shape index (κ2) is 22.8. The predicted octanol–water partition coefficient (Wildman–Crippen LogP) is 7.88. The van der Waals surface area contributed by atoms with Crippen molar-refractivity contribution in [2.75, 3.05) is 13.1 Å². The van der Waals surface area contributed by atoms with Crippen LogP contribution >= 0.6 is 12.6 Å². The highest BCUT2D eigenvalue weighted by molar-refractivity contribution is 7.80. The minimum Gasteiger partial charge on any atom is -0.352 e. The molecule has 2 aliphatic rings. The summed E-state index contributed by atoms with van der Waals surface area (Å²) in [5.74, 6) is -0.129. The largest absolute Gasteiger partial charge is 0.352 e. The first kappa shape index (κ1) is 45.1. The number of hydrogen-bond acceptors (Lipinski definition) is 7. The van der Waals surface area contributed by atoms with Crippen LogP contribution < -0.4 is 11.1 Å². The van der Waals surface area contributed by atoms with Crippen molar-refractivity contribution < 1.29 is 14.4 Å². The zero-order valence-electron chi connectivity index (χ0n) is 32.2. The van der Waals surface area contributed by atoms with Crippen LogP contribution in [-0.4, -0.2) is 69.3 Å². The Kier molecular flexibility index (Phi) is 20.6. The van der Waals surface area contributed by atoms with Crippen molar-refractivity contribution in [1.29, 1.82) is 10.7 Å². The van der Waals surface area contributed by atoms with Crippen molar-refractivity contribution in [2.45, 2.75) is 161 Å². The Balaban J connectivity index is 0.000000591. The number of allylic oxidation sites excluding steroid dienone is 4. The maximum Gasteiger partial charge on any atom is 0.290 e. The van der Waals surface area contributed by atoms with Gasteiger partial charge in [0.1, 0.15) is 6.07 Å². The number of nitrogens with two attached hydrogens (primary N) is 1. The maximum atomic E-state index is 13.9. The lowest BCUT2D eigenvalue weighted by Crippen LogP contribution is -2.64. The first-order valence-electron chi connectivity index (χ1n) is 18.9. The molecule has 2 aliphatic carbocycles. The molecule has 0 aromatic rings. The topological polar surface area (TPSA) is 143 Å². The number of likely N-dealkylation sites (N-methyl/N-ethyl adjacent to an activating group) is 1. The van der Waals surface area contributed by atoms with E-state index in [0.29, 0.717) is 42.2 Å². The van der Waals surface area contributed by atoms with E-state index in [4.69, 9.17) is 16.4 Å². The number of nitrogens with one attached hydrogen (secondary N) is 2. The molecule has 0 aliphatic heterocycles. The molecular formula is C40H68N6O3S. The van der Waals surface area contributed by atoms with E-state index >= 15 is 0 Å². The van der Waals surface area contributed by atoms with E-state index in [9.17, 15) is 14.4 Å². The molecule has 2 saturated carbocycles. The van der Waals surface area contributed by atoms with Crippen LogP contribution in [0.25, 0.3) is 0 Å². The summed E-state index contributed by atoms with van der Waals surface area (Å²) in [5.41, 5.74) is 7.00. The summed E-state index contributed by atoms with van der Waals surface area (Å²) in [4.78, 5) is 40.3. The fourth-order valence-electron chi connectivity index (χ4n) is 6.88. The molecule has 0 radical (unpaired) electrons. The molecule has 10 heteroatoms. The lowest BCUT2D eigenvalue weighted by Gasteiger charge is -2.48. The first-order valence-corrected chi connectivity index (χ1v) is 19.4. The Morgan fingerprint density at radius 3 is 2.16 bits per heavy atom. The van der Waals surface area contributed by atoms with E-state index in [1.807, 2.05) is 37.0 Å². The number of amidine groups is 1. The fourth-order valence-corrected chi connectivity index (χ4v) is 7.17. The predicted molar refractivity (Wildman–Crippen MR) is 210 cm³/mol. The molecule has 2 atom stereocenters. The molecule has 1 unspecified atom stereocenters. The monoisotopic (exact) mass is 713 g/mol. The van der Waals surface area contributed by atoms with Crippen LogP contribution in [0.4, 0.5) is 0 Å². The van der Waals surface area contributed by atoms with Crippen molar-refractivity contribution in [3.63, 3.8) is 0 Å². The van der Waals surface area contributed by atoms with Gasteiger partial charge in [0, 0.05) is 42.4 Å². The van der Waals surface area contributed by atoms with Crippen LogP contribution in [0.3, 0.4) is 0 Å². The van der Waals surface area contributed by atoms with Crippen LogP contribution in [0.15, 0.2) is 36.5 Å². The van der Waals surface area contributed by atoms with Gasteiger partial charge in [0.25, 0.3) is 5.91 Å². The molecule has 2 fully saturated rings. The Labute approximate surface area is 309 Å². The number of carbonyl (C=O) groups is 3. The second-order valence-electron chi connectivity index (χ2n) is 15.4. The summed E-state index contributed by atoms with van der Waals surface area (Å²) < 4.78 is 0. The minimum absolute atomic E-state index is 0.0512. The number of amides is 2. The Morgan fingerprint density at radius 1 is 1.04 bits per heavy atom. The third-order valence-electron chi connectivity index (χ3n) is 9.99. The number of thiol groups is 1. The van der Waals surface area contributed by atoms with Gasteiger partial charge in [-0.1, -0.05) is 84.8 Å². The smallest absolute Gasteiger partial charge is 0.290 e. The van der Waals surface area contributed by atoms with Gasteiger partial charge < -0.3 is 20.9 Å². The third-order valence-corrected chi connectivity index (χ3v) is 10.4. The summed E-state index contributed by atoms with van der Waals surface area (Å²) in [6.45, 7) is 19.3. The highest BCUT2D eigenvalue weighted by atomic mass is 32.1. The number of carbonyl (C=O) groups excluding carboxylic acids is 3. The zero-order valence-corrected chi connectivity index (χ0v) is 33.1. The number of nitriles is 1. The highest BCUT2D eigenvalue weighted by Gasteiger charge is 2.42. The quantitative estimate of drug-likeness (QED) is 0.0259. The van der Waals surface area contributed by atoms with Gasteiger partial charge in [0.2, 0.25) is 11.7 Å². The molecule has 0 saturated heterocycles. The first-order chi connectivity index (χ1) is 23.5. The molecule has 4 N–H and O–H groups in total. The number of Topliss-reactive ketones (excluding diaryl/α,β-unsaturated/α-hetero) is 1. The molecule has 50 heavy (non-hydrogen) atoms. The number of rotatable bonds is 15. The molecular weight excluding hydrogens is 645 g/mol. The maximum absolute atomic E-state index is 13.9. The van der Waals surface area contributed by atoms with E-state index in [-0.39, 0.29) is 42.1 Å². The SMILES string of the molecule is C=C/C=C\C/C=C(\CC)C(=O)NCCC(=O)C#N.CCN(C(=N)C(=O)N(C1CCC(C(C)S)CC1)[C@](C)(N)CCC(C)(C)C)C1CCCCC1. The van der Waals surface area contributed by atoms with Crippen LogP contribution in [0.5, 0.6) is 0 Å². The van der Waals surface area contributed by atoms with Gasteiger partial charge in [-0.05, 0) is 89.4 Å². The average molecular weight is 713 g/mol. The summed E-state index contributed by atoms with van der Waals surface area (Å²) in [6.07, 6.45) is 20.1. The molecule has 282 valence electrons. The summed E-state index contributed by atoms with van der Waals surface area (Å²) >= 11 is 4.67. The molecule has 2 rings (SSSR count). The van der Waals surface area contributed by atoms with Gasteiger partial charge in [-0.3, -0.25) is 19.8 Å². The van der Waals surface area contributed by atoms with Crippen molar-refractivity contribution in [1.82, 2.24) is 15.1 Å².